The Morgan fingerprint density at radius 1 is 1.39 bits per heavy atom. The summed E-state index contributed by atoms with van der Waals surface area (Å²) in [5, 5.41) is 9.37. The molecule has 7 nitrogen and oxygen atoms in total. The van der Waals surface area contributed by atoms with Crippen molar-refractivity contribution in [3.63, 3.8) is 0 Å². The monoisotopic (exact) mass is 412 g/mol. The van der Waals surface area contributed by atoms with E-state index in [1.54, 1.807) is 4.57 Å². The fraction of sp³-hybridized carbons (Fsp3) is 0.474. The standard InChI is InChI=1S/C19H21FN2O5.ClH/c1-26-17-14(19(21)4-6-27-7-5-19)13(20)8-11-15(17)22(10-2-3-10)9-12(16(11)23)18(24)25;/h8-10H,2-7,21H2,1H3,(H,24,25);1H. The molecule has 0 radical (unpaired) electrons. The van der Waals surface area contributed by atoms with Crippen molar-refractivity contribution in [2.45, 2.75) is 37.3 Å². The van der Waals surface area contributed by atoms with Crippen LogP contribution in [0.1, 0.15) is 47.6 Å². The van der Waals surface area contributed by atoms with Gasteiger partial charge in [-0.05, 0) is 31.7 Å². The van der Waals surface area contributed by atoms with Crippen LogP contribution in [-0.2, 0) is 10.3 Å². The molecule has 1 aromatic carbocycles. The summed E-state index contributed by atoms with van der Waals surface area (Å²) >= 11 is 0. The predicted octanol–water partition coefficient (Wildman–Crippen LogP) is 2.57. The molecular weight excluding hydrogens is 391 g/mol. The molecule has 0 amide bonds. The van der Waals surface area contributed by atoms with E-state index in [1.807, 2.05) is 0 Å². The highest BCUT2D eigenvalue weighted by molar-refractivity contribution is 5.95. The fourth-order valence-corrected chi connectivity index (χ4v) is 3.89. The molecule has 9 heteroatoms. The highest BCUT2D eigenvalue weighted by Gasteiger charge is 2.38. The van der Waals surface area contributed by atoms with Gasteiger partial charge < -0.3 is 24.9 Å². The second-order valence-corrected chi connectivity index (χ2v) is 7.25. The summed E-state index contributed by atoms with van der Waals surface area (Å²) in [5.41, 5.74) is 5.07. The van der Waals surface area contributed by atoms with E-state index >= 15 is 4.39 Å². The summed E-state index contributed by atoms with van der Waals surface area (Å²) in [7, 11) is 1.41. The average molecular weight is 413 g/mol. The van der Waals surface area contributed by atoms with Crippen LogP contribution in [0.4, 0.5) is 4.39 Å². The number of fused-ring (bicyclic) bond motifs is 1. The van der Waals surface area contributed by atoms with Crippen LogP contribution in [0.2, 0.25) is 0 Å². The number of rotatable bonds is 4. The van der Waals surface area contributed by atoms with Gasteiger partial charge in [0, 0.05) is 25.5 Å². The van der Waals surface area contributed by atoms with E-state index in [-0.39, 0.29) is 40.7 Å². The third-order valence-electron chi connectivity index (χ3n) is 5.48. The lowest BCUT2D eigenvalue weighted by atomic mass is 9.82. The van der Waals surface area contributed by atoms with Crippen molar-refractivity contribution in [2.75, 3.05) is 20.3 Å². The van der Waals surface area contributed by atoms with Crippen LogP contribution in [0.15, 0.2) is 17.1 Å². The Morgan fingerprint density at radius 2 is 2.04 bits per heavy atom. The van der Waals surface area contributed by atoms with Crippen molar-refractivity contribution in [3.05, 3.63) is 39.4 Å². The maximum absolute atomic E-state index is 15.2. The van der Waals surface area contributed by atoms with Gasteiger partial charge in [-0.25, -0.2) is 9.18 Å². The Hall–Kier alpha value is -2.16. The van der Waals surface area contributed by atoms with Gasteiger partial charge in [-0.1, -0.05) is 0 Å². The number of nitrogens with two attached hydrogens (primary N) is 1. The first-order chi connectivity index (χ1) is 12.9. The van der Waals surface area contributed by atoms with Gasteiger partial charge in [-0.2, -0.15) is 0 Å². The molecule has 0 spiro atoms. The molecule has 1 saturated heterocycles. The molecule has 1 aliphatic heterocycles. The van der Waals surface area contributed by atoms with Crippen LogP contribution in [0, 0.1) is 5.82 Å². The number of hydrogen-bond acceptors (Lipinski definition) is 5. The molecule has 28 heavy (non-hydrogen) atoms. The van der Waals surface area contributed by atoms with Gasteiger partial charge in [-0.15, -0.1) is 12.4 Å². The number of pyridine rings is 1. The molecule has 4 rings (SSSR count). The number of carboxylic acid groups (broad SMARTS) is 1. The Kier molecular flexibility index (Phi) is 5.40. The van der Waals surface area contributed by atoms with Gasteiger partial charge in [0.1, 0.15) is 11.4 Å². The molecule has 0 unspecified atom stereocenters. The molecule has 1 aliphatic carbocycles. The molecule has 3 N–H and O–H groups in total. The number of methoxy groups -OCH3 is 1. The quantitative estimate of drug-likeness (QED) is 0.799. The smallest absolute Gasteiger partial charge is 0.341 e. The van der Waals surface area contributed by atoms with Crippen LogP contribution in [0.5, 0.6) is 5.75 Å². The number of halogens is 2. The Balaban J connectivity index is 0.00000225. The van der Waals surface area contributed by atoms with Crippen LogP contribution in [0.3, 0.4) is 0 Å². The first-order valence-corrected chi connectivity index (χ1v) is 8.93. The van der Waals surface area contributed by atoms with E-state index in [0.717, 1.165) is 18.9 Å². The second kappa shape index (κ2) is 7.35. The summed E-state index contributed by atoms with van der Waals surface area (Å²) in [6, 6.07) is 1.16. The van der Waals surface area contributed by atoms with E-state index in [4.69, 9.17) is 15.2 Å². The zero-order chi connectivity index (χ0) is 19.3. The third kappa shape index (κ3) is 3.15. The summed E-state index contributed by atoms with van der Waals surface area (Å²) in [4.78, 5) is 24.2. The van der Waals surface area contributed by atoms with E-state index in [9.17, 15) is 14.7 Å². The molecule has 0 atom stereocenters. The normalized spacial score (nSPS) is 18.5. The lowest BCUT2D eigenvalue weighted by molar-refractivity contribution is 0.0502. The predicted molar refractivity (Wildman–Crippen MR) is 103 cm³/mol. The second-order valence-electron chi connectivity index (χ2n) is 7.25. The molecule has 1 aromatic heterocycles. The van der Waals surface area contributed by atoms with E-state index in [1.165, 1.54) is 13.3 Å². The van der Waals surface area contributed by atoms with Crippen molar-refractivity contribution in [2.24, 2.45) is 5.73 Å². The van der Waals surface area contributed by atoms with Crippen molar-refractivity contribution >= 4 is 29.3 Å². The molecule has 0 bridgehead atoms. The van der Waals surface area contributed by atoms with Gasteiger partial charge in [-0.3, -0.25) is 4.79 Å². The molecule has 152 valence electrons. The molecule has 2 aliphatic rings. The fourth-order valence-electron chi connectivity index (χ4n) is 3.89. The van der Waals surface area contributed by atoms with Crippen molar-refractivity contribution < 1.29 is 23.8 Å². The number of hydrogen-bond donors (Lipinski definition) is 2. The number of nitrogens with zero attached hydrogens (tertiary/aromatic N) is 1. The lowest BCUT2D eigenvalue weighted by Crippen LogP contribution is -2.43. The molecular formula is C19H22ClFN2O5. The van der Waals surface area contributed by atoms with Gasteiger partial charge in [0.05, 0.1) is 29.1 Å². The Bertz CT molecular complexity index is 996. The minimum absolute atomic E-state index is 0. The van der Waals surface area contributed by atoms with Crippen LogP contribution in [0.25, 0.3) is 10.9 Å². The van der Waals surface area contributed by atoms with Crippen LogP contribution < -0.4 is 15.9 Å². The SMILES string of the molecule is COc1c(C2(N)CCOCC2)c(F)cc2c(=O)c(C(=O)O)cn(C3CC3)c12.Cl. The average Bonchev–Trinajstić information content (AvgIpc) is 3.46. The maximum Gasteiger partial charge on any atom is 0.341 e. The van der Waals surface area contributed by atoms with Gasteiger partial charge in [0.25, 0.3) is 0 Å². The van der Waals surface area contributed by atoms with E-state index in [2.05, 4.69) is 0 Å². The highest BCUT2D eigenvalue weighted by Crippen LogP contribution is 2.44. The number of carboxylic acids is 1. The number of aromatic carboxylic acids is 1. The molecule has 1 saturated carbocycles. The number of carbonyl (C=O) groups is 1. The number of ether oxygens (including phenoxy) is 2. The van der Waals surface area contributed by atoms with Gasteiger partial charge >= 0.3 is 5.97 Å². The largest absolute Gasteiger partial charge is 0.494 e. The molecule has 2 aromatic rings. The lowest BCUT2D eigenvalue weighted by Gasteiger charge is -2.35. The van der Waals surface area contributed by atoms with Gasteiger partial charge in [0.2, 0.25) is 5.43 Å². The number of aromatic nitrogens is 1. The van der Waals surface area contributed by atoms with Crippen molar-refractivity contribution in [3.8, 4) is 5.75 Å². The third-order valence-corrected chi connectivity index (χ3v) is 5.48. The zero-order valence-electron chi connectivity index (χ0n) is 15.4. The summed E-state index contributed by atoms with van der Waals surface area (Å²) in [5.74, 6) is -1.79. The van der Waals surface area contributed by atoms with Crippen molar-refractivity contribution in [1.82, 2.24) is 4.57 Å². The topological polar surface area (TPSA) is 104 Å². The minimum Gasteiger partial charge on any atom is -0.494 e. The summed E-state index contributed by atoms with van der Waals surface area (Å²) in [6.45, 7) is 0.815. The Labute approximate surface area is 166 Å². The van der Waals surface area contributed by atoms with E-state index < -0.39 is 22.8 Å². The number of benzene rings is 1. The minimum atomic E-state index is -1.33. The Morgan fingerprint density at radius 3 is 2.57 bits per heavy atom. The summed E-state index contributed by atoms with van der Waals surface area (Å²) in [6.07, 6.45) is 3.89. The zero-order valence-corrected chi connectivity index (χ0v) is 16.2. The van der Waals surface area contributed by atoms with Crippen LogP contribution >= 0.6 is 12.4 Å². The molecule has 2 fully saturated rings. The van der Waals surface area contributed by atoms with E-state index in [0.29, 0.717) is 31.6 Å². The summed E-state index contributed by atoms with van der Waals surface area (Å²) < 4.78 is 27.8. The maximum atomic E-state index is 15.2. The van der Waals surface area contributed by atoms with Crippen LogP contribution in [-0.4, -0.2) is 36.0 Å². The molecule has 2 heterocycles. The highest BCUT2D eigenvalue weighted by atomic mass is 35.5. The first-order valence-electron chi connectivity index (χ1n) is 8.93. The first kappa shape index (κ1) is 20.6. The van der Waals surface area contributed by atoms with Crippen molar-refractivity contribution in [1.29, 1.82) is 0 Å². The van der Waals surface area contributed by atoms with Gasteiger partial charge in [0.15, 0.2) is 5.75 Å².